The van der Waals surface area contributed by atoms with Crippen molar-refractivity contribution in [2.24, 2.45) is 5.92 Å². The Hall–Kier alpha value is -1.84. The monoisotopic (exact) mass is 300 g/mol. The van der Waals surface area contributed by atoms with E-state index >= 15 is 0 Å². The molecule has 1 aliphatic heterocycles. The molecule has 0 radical (unpaired) electrons. The molecule has 2 fully saturated rings. The summed E-state index contributed by atoms with van der Waals surface area (Å²) in [6.45, 7) is 3.48. The SMILES string of the molecule is CC1CCC(C(=O)NCc2ccccc2)(N2CCC2=O)CC1. The first-order valence-corrected chi connectivity index (χ1v) is 8.24. The molecule has 1 aromatic rings. The van der Waals surface area contributed by atoms with E-state index in [1.807, 2.05) is 35.2 Å². The largest absolute Gasteiger partial charge is 0.350 e. The van der Waals surface area contributed by atoms with Crippen molar-refractivity contribution in [3.05, 3.63) is 35.9 Å². The number of hydrogen-bond donors (Lipinski definition) is 1. The highest BCUT2D eigenvalue weighted by molar-refractivity contribution is 5.94. The minimum absolute atomic E-state index is 0.0244. The second-order valence-electron chi connectivity index (χ2n) is 6.68. The zero-order valence-corrected chi connectivity index (χ0v) is 13.2. The van der Waals surface area contributed by atoms with Crippen LogP contribution in [0, 0.1) is 5.92 Å². The summed E-state index contributed by atoms with van der Waals surface area (Å²) in [6.07, 6.45) is 4.20. The summed E-state index contributed by atoms with van der Waals surface area (Å²) in [5, 5.41) is 3.06. The normalized spacial score (nSPS) is 28.1. The fraction of sp³-hybridized carbons (Fsp3) is 0.556. The first-order valence-electron chi connectivity index (χ1n) is 8.24. The molecule has 2 amide bonds. The third kappa shape index (κ3) is 2.74. The van der Waals surface area contributed by atoms with Crippen LogP contribution in [0.4, 0.5) is 0 Å². The van der Waals surface area contributed by atoms with Gasteiger partial charge in [-0.15, -0.1) is 0 Å². The summed E-state index contributed by atoms with van der Waals surface area (Å²) in [5.74, 6) is 0.798. The third-order valence-electron chi connectivity index (χ3n) is 5.19. The van der Waals surface area contributed by atoms with E-state index < -0.39 is 5.54 Å². The molecule has 1 saturated carbocycles. The topological polar surface area (TPSA) is 49.4 Å². The van der Waals surface area contributed by atoms with Gasteiger partial charge in [-0.3, -0.25) is 9.59 Å². The molecule has 1 aromatic carbocycles. The standard InChI is InChI=1S/C18H24N2O2/c1-14-7-10-18(11-8-14,20-12-9-16(20)21)17(22)19-13-15-5-3-2-4-6-15/h2-6,14H,7-13H2,1H3,(H,19,22). The molecule has 2 aliphatic rings. The molecule has 1 N–H and O–H groups in total. The van der Waals surface area contributed by atoms with Crippen LogP contribution in [-0.2, 0) is 16.1 Å². The van der Waals surface area contributed by atoms with Crippen LogP contribution >= 0.6 is 0 Å². The number of amides is 2. The van der Waals surface area contributed by atoms with Gasteiger partial charge in [0.05, 0.1) is 0 Å². The maximum absolute atomic E-state index is 12.9. The number of β-lactam (4-membered cyclic amide) rings is 1. The maximum Gasteiger partial charge on any atom is 0.246 e. The highest BCUT2D eigenvalue weighted by Gasteiger charge is 2.50. The zero-order chi connectivity index (χ0) is 15.6. The summed E-state index contributed by atoms with van der Waals surface area (Å²) in [5.41, 5.74) is 0.487. The molecule has 0 spiro atoms. The number of nitrogens with zero attached hydrogens (tertiary/aromatic N) is 1. The van der Waals surface area contributed by atoms with Crippen molar-refractivity contribution in [1.29, 1.82) is 0 Å². The van der Waals surface area contributed by atoms with E-state index in [2.05, 4.69) is 12.2 Å². The van der Waals surface area contributed by atoms with Crippen LogP contribution in [0.1, 0.15) is 44.6 Å². The summed E-state index contributed by atoms with van der Waals surface area (Å²) < 4.78 is 0. The van der Waals surface area contributed by atoms with Crippen molar-refractivity contribution in [3.8, 4) is 0 Å². The molecule has 1 saturated heterocycles. The van der Waals surface area contributed by atoms with Crippen LogP contribution in [0.25, 0.3) is 0 Å². The first kappa shape index (κ1) is 15.1. The van der Waals surface area contributed by atoms with Crippen LogP contribution in [0.2, 0.25) is 0 Å². The van der Waals surface area contributed by atoms with Crippen molar-refractivity contribution in [2.75, 3.05) is 6.54 Å². The Morgan fingerprint density at radius 2 is 1.95 bits per heavy atom. The maximum atomic E-state index is 12.9. The van der Waals surface area contributed by atoms with Crippen molar-refractivity contribution in [1.82, 2.24) is 10.2 Å². The lowest BCUT2D eigenvalue weighted by molar-refractivity contribution is -0.160. The van der Waals surface area contributed by atoms with E-state index in [9.17, 15) is 9.59 Å². The summed E-state index contributed by atoms with van der Waals surface area (Å²) >= 11 is 0. The molecule has 0 bridgehead atoms. The Morgan fingerprint density at radius 1 is 1.27 bits per heavy atom. The van der Waals surface area contributed by atoms with Gasteiger partial charge in [-0.1, -0.05) is 37.3 Å². The molecular weight excluding hydrogens is 276 g/mol. The van der Waals surface area contributed by atoms with Crippen molar-refractivity contribution in [3.63, 3.8) is 0 Å². The molecule has 1 heterocycles. The van der Waals surface area contributed by atoms with Gasteiger partial charge in [0.2, 0.25) is 11.8 Å². The minimum Gasteiger partial charge on any atom is -0.350 e. The molecular formula is C18H24N2O2. The average molecular weight is 300 g/mol. The molecule has 0 aromatic heterocycles. The molecule has 3 rings (SSSR count). The molecule has 0 atom stereocenters. The quantitative estimate of drug-likeness (QED) is 0.869. The summed E-state index contributed by atoms with van der Waals surface area (Å²) in [4.78, 5) is 26.6. The second-order valence-corrected chi connectivity index (χ2v) is 6.68. The van der Waals surface area contributed by atoms with Crippen LogP contribution in [0.15, 0.2) is 30.3 Å². The minimum atomic E-state index is -0.601. The highest BCUT2D eigenvalue weighted by Crippen LogP contribution is 2.39. The molecule has 4 nitrogen and oxygen atoms in total. The number of rotatable bonds is 4. The number of likely N-dealkylation sites (tertiary alicyclic amines) is 1. The Morgan fingerprint density at radius 3 is 2.50 bits per heavy atom. The second kappa shape index (κ2) is 6.11. The van der Waals surface area contributed by atoms with Gasteiger partial charge in [-0.05, 0) is 37.2 Å². The number of benzene rings is 1. The number of hydrogen-bond acceptors (Lipinski definition) is 2. The van der Waals surface area contributed by atoms with E-state index in [4.69, 9.17) is 0 Å². The lowest BCUT2D eigenvalue weighted by atomic mass is 9.74. The predicted molar refractivity (Wildman–Crippen MR) is 85.0 cm³/mol. The summed E-state index contributed by atoms with van der Waals surface area (Å²) in [7, 11) is 0. The first-order chi connectivity index (χ1) is 10.6. The van der Waals surface area contributed by atoms with Crippen LogP contribution in [-0.4, -0.2) is 28.8 Å². The molecule has 1 aliphatic carbocycles. The molecule has 118 valence electrons. The van der Waals surface area contributed by atoms with Gasteiger partial charge in [0.1, 0.15) is 5.54 Å². The summed E-state index contributed by atoms with van der Waals surface area (Å²) in [6, 6.07) is 9.92. The van der Waals surface area contributed by atoms with Gasteiger partial charge in [0.25, 0.3) is 0 Å². The molecule has 22 heavy (non-hydrogen) atoms. The van der Waals surface area contributed by atoms with Crippen molar-refractivity contribution in [2.45, 2.75) is 51.1 Å². The van der Waals surface area contributed by atoms with E-state index in [0.29, 0.717) is 18.9 Å². The lowest BCUT2D eigenvalue weighted by Gasteiger charge is -2.50. The molecule has 4 heteroatoms. The molecule has 0 unspecified atom stereocenters. The van der Waals surface area contributed by atoms with Gasteiger partial charge in [-0.2, -0.15) is 0 Å². The van der Waals surface area contributed by atoms with E-state index in [1.54, 1.807) is 0 Å². The van der Waals surface area contributed by atoms with Crippen molar-refractivity contribution >= 4 is 11.8 Å². The van der Waals surface area contributed by atoms with Gasteiger partial charge in [0, 0.05) is 19.5 Å². The van der Waals surface area contributed by atoms with Crippen LogP contribution in [0.3, 0.4) is 0 Å². The highest BCUT2D eigenvalue weighted by atomic mass is 16.2. The van der Waals surface area contributed by atoms with E-state index in [0.717, 1.165) is 37.8 Å². The zero-order valence-electron chi connectivity index (χ0n) is 13.2. The smallest absolute Gasteiger partial charge is 0.246 e. The predicted octanol–water partition coefficient (Wildman–Crippen LogP) is 2.48. The van der Waals surface area contributed by atoms with Crippen LogP contribution < -0.4 is 5.32 Å². The fourth-order valence-corrected chi connectivity index (χ4v) is 3.57. The fourth-order valence-electron chi connectivity index (χ4n) is 3.57. The van der Waals surface area contributed by atoms with Gasteiger partial charge >= 0.3 is 0 Å². The number of carbonyl (C=O) groups is 2. The Kier molecular flexibility index (Phi) is 4.19. The number of carbonyl (C=O) groups excluding carboxylic acids is 2. The number of nitrogens with one attached hydrogen (secondary N) is 1. The van der Waals surface area contributed by atoms with E-state index in [-0.39, 0.29) is 11.8 Å². The van der Waals surface area contributed by atoms with Gasteiger partial charge in [-0.25, -0.2) is 0 Å². The van der Waals surface area contributed by atoms with E-state index in [1.165, 1.54) is 0 Å². The van der Waals surface area contributed by atoms with Gasteiger partial charge < -0.3 is 10.2 Å². The third-order valence-corrected chi connectivity index (χ3v) is 5.19. The lowest BCUT2D eigenvalue weighted by Crippen LogP contribution is -2.66. The Labute approximate surface area is 131 Å². The Bertz CT molecular complexity index is 547. The van der Waals surface area contributed by atoms with Gasteiger partial charge in [0.15, 0.2) is 0 Å². The van der Waals surface area contributed by atoms with Crippen molar-refractivity contribution < 1.29 is 9.59 Å². The van der Waals surface area contributed by atoms with Crippen LogP contribution in [0.5, 0.6) is 0 Å². The Balaban J connectivity index is 1.71. The average Bonchev–Trinajstić information content (AvgIpc) is 2.54.